The number of aryl methyl sites for hydroxylation is 1. The van der Waals surface area contributed by atoms with Crippen LogP contribution < -0.4 is 9.64 Å². The summed E-state index contributed by atoms with van der Waals surface area (Å²) in [6, 6.07) is 16.8. The van der Waals surface area contributed by atoms with Gasteiger partial charge in [0.05, 0.1) is 18.4 Å². The molecule has 33 heavy (non-hydrogen) atoms. The maximum atomic E-state index is 13.2. The van der Waals surface area contributed by atoms with Gasteiger partial charge < -0.3 is 14.3 Å². The number of amides is 1. The Morgan fingerprint density at radius 2 is 1.85 bits per heavy atom. The van der Waals surface area contributed by atoms with Gasteiger partial charge in [0, 0.05) is 11.3 Å². The first-order valence-electron chi connectivity index (χ1n) is 11.1. The lowest BCUT2D eigenvalue weighted by atomic mass is 9.99. The Kier molecular flexibility index (Phi) is 6.36. The van der Waals surface area contributed by atoms with Crippen LogP contribution in [0.5, 0.6) is 5.75 Å². The minimum atomic E-state index is -0.882. The fraction of sp³-hybridized carbons (Fsp3) is 0.259. The van der Waals surface area contributed by atoms with Crippen LogP contribution >= 0.6 is 0 Å². The number of hydrogen-bond acceptors (Lipinski definition) is 5. The van der Waals surface area contributed by atoms with Gasteiger partial charge in [0.15, 0.2) is 0 Å². The van der Waals surface area contributed by atoms with Crippen LogP contribution in [0, 0.1) is 5.92 Å². The number of carbonyl (C=O) groups is 2. The molecule has 1 aliphatic heterocycles. The monoisotopic (exact) mass is 445 g/mol. The van der Waals surface area contributed by atoms with E-state index in [2.05, 4.69) is 0 Å². The highest BCUT2D eigenvalue weighted by Gasteiger charge is 2.48. The number of Topliss-reactive ketones (excluding diaryl/α,β-unsaturated/α-hetero) is 1. The van der Waals surface area contributed by atoms with Crippen LogP contribution in [0.25, 0.3) is 5.76 Å². The van der Waals surface area contributed by atoms with Crippen LogP contribution in [0.4, 0.5) is 5.69 Å². The number of aliphatic hydroxyl groups excluding tert-OH is 1. The van der Waals surface area contributed by atoms with E-state index in [-0.39, 0.29) is 11.3 Å². The first-order valence-corrected chi connectivity index (χ1v) is 11.1. The average molecular weight is 446 g/mol. The first-order chi connectivity index (χ1) is 15.9. The number of rotatable bonds is 7. The van der Waals surface area contributed by atoms with Gasteiger partial charge in [-0.15, -0.1) is 0 Å². The molecule has 1 saturated heterocycles. The number of benzene rings is 2. The third-order valence-electron chi connectivity index (χ3n) is 5.57. The van der Waals surface area contributed by atoms with E-state index in [1.807, 2.05) is 32.9 Å². The predicted octanol–water partition coefficient (Wildman–Crippen LogP) is 5.50. The van der Waals surface area contributed by atoms with Crippen molar-refractivity contribution in [2.75, 3.05) is 11.5 Å². The van der Waals surface area contributed by atoms with Crippen molar-refractivity contribution < 1.29 is 23.8 Å². The topological polar surface area (TPSA) is 80.0 Å². The molecule has 1 aromatic heterocycles. The maximum Gasteiger partial charge on any atom is 0.300 e. The van der Waals surface area contributed by atoms with Crippen molar-refractivity contribution in [1.82, 2.24) is 0 Å². The van der Waals surface area contributed by atoms with Gasteiger partial charge in [0.1, 0.15) is 23.3 Å². The zero-order valence-electron chi connectivity index (χ0n) is 18.9. The molecule has 1 atom stereocenters. The standard InChI is InChI=1S/C27H27NO5/c1-4-18-10-12-20(13-11-18)28-24(22-9-6-14-32-22)23(26(30)27(28)31)25(29)19-7-5-8-21(15-19)33-16-17(2)3/h5-15,17,24,29H,4,16H2,1-3H3/b25-23-. The number of ether oxygens (including phenoxy) is 1. The van der Waals surface area contributed by atoms with Crippen LogP contribution in [-0.4, -0.2) is 23.4 Å². The molecule has 1 aliphatic rings. The maximum absolute atomic E-state index is 13.2. The van der Waals surface area contributed by atoms with E-state index in [9.17, 15) is 14.7 Å². The molecule has 0 spiro atoms. The number of aliphatic hydroxyl groups is 1. The third-order valence-corrected chi connectivity index (χ3v) is 5.57. The van der Waals surface area contributed by atoms with Crippen molar-refractivity contribution in [3.8, 4) is 5.75 Å². The Morgan fingerprint density at radius 1 is 1.09 bits per heavy atom. The summed E-state index contributed by atoms with van der Waals surface area (Å²) >= 11 is 0. The van der Waals surface area contributed by atoms with Crippen molar-refractivity contribution >= 4 is 23.1 Å². The van der Waals surface area contributed by atoms with Crippen LogP contribution in [0.3, 0.4) is 0 Å². The molecule has 0 saturated carbocycles. The number of hydrogen-bond donors (Lipinski definition) is 1. The minimum Gasteiger partial charge on any atom is -0.507 e. The Hall–Kier alpha value is -3.80. The van der Waals surface area contributed by atoms with E-state index in [0.717, 1.165) is 12.0 Å². The molecular weight excluding hydrogens is 418 g/mol. The van der Waals surface area contributed by atoms with Gasteiger partial charge in [0.2, 0.25) is 0 Å². The quantitative estimate of drug-likeness (QED) is 0.295. The van der Waals surface area contributed by atoms with Crippen LogP contribution in [0.15, 0.2) is 76.9 Å². The molecule has 2 heterocycles. The summed E-state index contributed by atoms with van der Waals surface area (Å²) in [5, 5.41) is 11.2. The molecule has 1 N–H and O–H groups in total. The Bertz CT molecular complexity index is 1180. The smallest absolute Gasteiger partial charge is 0.300 e. The van der Waals surface area contributed by atoms with E-state index in [1.165, 1.54) is 11.2 Å². The number of carbonyl (C=O) groups excluding carboxylic acids is 2. The number of nitrogens with zero attached hydrogens (tertiary/aromatic N) is 1. The molecule has 170 valence electrons. The van der Waals surface area contributed by atoms with Crippen LogP contribution in [-0.2, 0) is 16.0 Å². The van der Waals surface area contributed by atoms with E-state index < -0.39 is 17.7 Å². The van der Waals surface area contributed by atoms with Gasteiger partial charge in [-0.25, -0.2) is 0 Å². The molecule has 2 aromatic carbocycles. The summed E-state index contributed by atoms with van der Waals surface area (Å²) in [5.41, 5.74) is 2.05. The Labute approximate surface area is 193 Å². The van der Waals surface area contributed by atoms with Gasteiger partial charge >= 0.3 is 0 Å². The summed E-state index contributed by atoms with van der Waals surface area (Å²) in [6.45, 7) is 6.65. The zero-order chi connectivity index (χ0) is 23.5. The lowest BCUT2D eigenvalue weighted by Crippen LogP contribution is -2.29. The fourth-order valence-electron chi connectivity index (χ4n) is 3.86. The second kappa shape index (κ2) is 9.36. The summed E-state index contributed by atoms with van der Waals surface area (Å²) in [6.07, 6.45) is 2.34. The number of anilines is 1. The molecule has 1 fully saturated rings. The summed E-state index contributed by atoms with van der Waals surface area (Å²) in [4.78, 5) is 27.7. The molecule has 3 aromatic rings. The third kappa shape index (κ3) is 4.42. The van der Waals surface area contributed by atoms with E-state index in [1.54, 1.807) is 48.5 Å². The molecule has 0 bridgehead atoms. The highest BCUT2D eigenvalue weighted by atomic mass is 16.5. The number of furan rings is 1. The highest BCUT2D eigenvalue weighted by Crippen LogP contribution is 2.42. The van der Waals surface area contributed by atoms with Gasteiger partial charge in [-0.05, 0) is 54.3 Å². The average Bonchev–Trinajstić information content (AvgIpc) is 3.44. The summed E-state index contributed by atoms with van der Waals surface area (Å²) < 4.78 is 11.4. The van der Waals surface area contributed by atoms with Gasteiger partial charge in [-0.1, -0.05) is 45.0 Å². The largest absolute Gasteiger partial charge is 0.507 e. The highest BCUT2D eigenvalue weighted by molar-refractivity contribution is 6.51. The lowest BCUT2D eigenvalue weighted by Gasteiger charge is -2.23. The molecular formula is C27H27NO5. The second-order valence-electron chi connectivity index (χ2n) is 8.44. The second-order valence-corrected chi connectivity index (χ2v) is 8.44. The molecule has 6 heteroatoms. The number of ketones is 1. The minimum absolute atomic E-state index is 0.0180. The Balaban J connectivity index is 1.81. The lowest BCUT2D eigenvalue weighted by molar-refractivity contribution is -0.132. The predicted molar refractivity (Wildman–Crippen MR) is 126 cm³/mol. The van der Waals surface area contributed by atoms with Crippen molar-refractivity contribution in [3.63, 3.8) is 0 Å². The molecule has 0 aliphatic carbocycles. The van der Waals surface area contributed by atoms with Crippen molar-refractivity contribution in [2.24, 2.45) is 5.92 Å². The van der Waals surface area contributed by atoms with Crippen molar-refractivity contribution in [3.05, 3.63) is 89.4 Å². The Morgan fingerprint density at radius 3 is 2.48 bits per heavy atom. The molecule has 1 unspecified atom stereocenters. The summed E-state index contributed by atoms with van der Waals surface area (Å²) in [5.74, 6) is -0.436. The van der Waals surface area contributed by atoms with Gasteiger partial charge in [-0.3, -0.25) is 14.5 Å². The fourth-order valence-corrected chi connectivity index (χ4v) is 3.86. The van der Waals surface area contributed by atoms with Gasteiger partial charge in [0.25, 0.3) is 11.7 Å². The van der Waals surface area contributed by atoms with Crippen LogP contribution in [0.1, 0.15) is 43.7 Å². The molecule has 1 amide bonds. The van der Waals surface area contributed by atoms with Crippen LogP contribution in [0.2, 0.25) is 0 Å². The van der Waals surface area contributed by atoms with E-state index >= 15 is 0 Å². The molecule has 0 radical (unpaired) electrons. The van der Waals surface area contributed by atoms with Crippen molar-refractivity contribution in [2.45, 2.75) is 33.2 Å². The SMILES string of the molecule is CCc1ccc(N2C(=O)C(=O)/C(=C(\O)c3cccc(OCC(C)C)c3)C2c2ccco2)cc1. The van der Waals surface area contributed by atoms with Crippen molar-refractivity contribution in [1.29, 1.82) is 0 Å². The van der Waals surface area contributed by atoms with E-state index in [4.69, 9.17) is 9.15 Å². The summed E-state index contributed by atoms with van der Waals surface area (Å²) in [7, 11) is 0. The zero-order valence-corrected chi connectivity index (χ0v) is 18.9. The normalized spacial score (nSPS) is 17.7. The molecule has 6 nitrogen and oxygen atoms in total. The van der Waals surface area contributed by atoms with Gasteiger partial charge in [-0.2, -0.15) is 0 Å². The molecule has 4 rings (SSSR count). The van der Waals surface area contributed by atoms with E-state index in [0.29, 0.717) is 35.3 Å². The first kappa shape index (κ1) is 22.4.